The molecule has 0 atom stereocenters. The first-order valence-corrected chi connectivity index (χ1v) is 6.30. The van der Waals surface area contributed by atoms with Gasteiger partial charge in [0, 0.05) is 19.3 Å². The van der Waals surface area contributed by atoms with Gasteiger partial charge < -0.3 is 10.5 Å². The summed E-state index contributed by atoms with van der Waals surface area (Å²) >= 11 is 0. The molecule has 0 fully saturated rings. The molecule has 1 aromatic rings. The van der Waals surface area contributed by atoms with Gasteiger partial charge in [-0.25, -0.2) is 13.1 Å². The average molecular weight is 244 g/mol. The number of rotatable bonds is 5. The number of nitrogen functional groups attached to an aromatic ring is 1. The molecule has 0 aromatic heterocycles. The van der Waals surface area contributed by atoms with E-state index in [1.807, 2.05) is 0 Å². The predicted octanol–water partition coefficient (Wildman–Crippen LogP) is 0.502. The van der Waals surface area contributed by atoms with Crippen molar-refractivity contribution in [3.05, 3.63) is 23.8 Å². The molecule has 6 heteroatoms. The Morgan fingerprint density at radius 2 is 2.06 bits per heavy atom. The van der Waals surface area contributed by atoms with Crippen molar-refractivity contribution in [2.45, 2.75) is 11.8 Å². The first-order valence-electron chi connectivity index (χ1n) is 4.81. The molecule has 0 bridgehead atoms. The van der Waals surface area contributed by atoms with Crippen LogP contribution in [0.15, 0.2) is 23.1 Å². The lowest BCUT2D eigenvalue weighted by molar-refractivity contribution is 0.204. The van der Waals surface area contributed by atoms with Crippen molar-refractivity contribution in [2.75, 3.05) is 26.0 Å². The SMILES string of the molecule is COCCNS(=O)(=O)c1cc(C)cc(N)c1. The average Bonchev–Trinajstić information content (AvgIpc) is 2.16. The van der Waals surface area contributed by atoms with Crippen molar-refractivity contribution < 1.29 is 13.2 Å². The normalized spacial score (nSPS) is 11.6. The summed E-state index contributed by atoms with van der Waals surface area (Å²) in [6.07, 6.45) is 0. The molecule has 1 rings (SSSR count). The number of hydrogen-bond donors (Lipinski definition) is 2. The number of ether oxygens (including phenoxy) is 1. The molecule has 0 radical (unpaired) electrons. The molecule has 0 amide bonds. The standard InChI is InChI=1S/C10H16N2O3S/c1-8-5-9(11)7-10(6-8)16(13,14)12-3-4-15-2/h5-7,12H,3-4,11H2,1-2H3. The predicted molar refractivity (Wildman–Crippen MR) is 62.7 cm³/mol. The smallest absolute Gasteiger partial charge is 0.240 e. The van der Waals surface area contributed by atoms with Crippen LogP contribution in [-0.4, -0.2) is 28.7 Å². The lowest BCUT2D eigenvalue weighted by Crippen LogP contribution is -2.27. The molecule has 3 N–H and O–H groups in total. The molecule has 0 saturated heterocycles. The van der Waals surface area contributed by atoms with E-state index in [9.17, 15) is 8.42 Å². The molecule has 0 aliphatic carbocycles. The Hall–Kier alpha value is -1.11. The van der Waals surface area contributed by atoms with Gasteiger partial charge in [-0.1, -0.05) is 0 Å². The number of benzene rings is 1. The molecular formula is C10H16N2O3S. The maximum atomic E-state index is 11.8. The van der Waals surface area contributed by atoms with Crippen LogP contribution in [0.1, 0.15) is 5.56 Å². The van der Waals surface area contributed by atoms with E-state index in [4.69, 9.17) is 10.5 Å². The van der Waals surface area contributed by atoms with E-state index in [0.29, 0.717) is 12.3 Å². The molecule has 5 nitrogen and oxygen atoms in total. The zero-order valence-corrected chi connectivity index (χ0v) is 10.2. The fraction of sp³-hybridized carbons (Fsp3) is 0.400. The molecule has 0 heterocycles. The molecule has 0 aliphatic rings. The minimum atomic E-state index is -3.49. The minimum Gasteiger partial charge on any atom is -0.399 e. The van der Waals surface area contributed by atoms with Gasteiger partial charge in [0.25, 0.3) is 0 Å². The minimum absolute atomic E-state index is 0.182. The molecule has 0 unspecified atom stereocenters. The molecule has 0 aliphatic heterocycles. The third-order valence-corrected chi connectivity index (χ3v) is 3.42. The molecule has 0 saturated carbocycles. The van der Waals surface area contributed by atoms with E-state index in [1.54, 1.807) is 19.1 Å². The Bertz CT molecular complexity index is 437. The maximum Gasteiger partial charge on any atom is 0.240 e. The van der Waals surface area contributed by atoms with Crippen LogP contribution in [0.4, 0.5) is 5.69 Å². The Labute approximate surface area is 95.7 Å². The van der Waals surface area contributed by atoms with Gasteiger partial charge in [0.2, 0.25) is 10.0 Å². The second-order valence-electron chi connectivity index (χ2n) is 3.47. The monoisotopic (exact) mass is 244 g/mol. The van der Waals surface area contributed by atoms with Gasteiger partial charge in [0.1, 0.15) is 0 Å². The van der Waals surface area contributed by atoms with E-state index >= 15 is 0 Å². The fourth-order valence-corrected chi connectivity index (χ4v) is 2.44. The van der Waals surface area contributed by atoms with Gasteiger partial charge in [-0.15, -0.1) is 0 Å². The number of sulfonamides is 1. The number of nitrogens with one attached hydrogen (secondary N) is 1. The van der Waals surface area contributed by atoms with Crippen LogP contribution in [-0.2, 0) is 14.8 Å². The molecule has 90 valence electrons. The van der Waals surface area contributed by atoms with E-state index < -0.39 is 10.0 Å². The molecule has 1 aromatic carbocycles. The lowest BCUT2D eigenvalue weighted by atomic mass is 10.2. The number of nitrogens with two attached hydrogens (primary N) is 1. The second kappa shape index (κ2) is 5.29. The van der Waals surface area contributed by atoms with Crippen molar-refractivity contribution in [1.29, 1.82) is 0 Å². The summed E-state index contributed by atoms with van der Waals surface area (Å²) in [5.74, 6) is 0. The van der Waals surface area contributed by atoms with Gasteiger partial charge in [-0.05, 0) is 30.7 Å². The summed E-state index contributed by atoms with van der Waals surface area (Å²) in [7, 11) is -1.97. The number of hydrogen-bond acceptors (Lipinski definition) is 4. The summed E-state index contributed by atoms with van der Waals surface area (Å²) in [6.45, 7) is 2.37. The number of aryl methyl sites for hydroxylation is 1. The van der Waals surface area contributed by atoms with Crippen LogP contribution in [0.25, 0.3) is 0 Å². The van der Waals surface area contributed by atoms with Crippen molar-refractivity contribution in [3.63, 3.8) is 0 Å². The summed E-state index contributed by atoms with van der Waals surface area (Å²) < 4.78 is 30.8. The zero-order chi connectivity index (χ0) is 12.2. The first-order chi connectivity index (χ1) is 7.45. The van der Waals surface area contributed by atoms with Crippen LogP contribution in [0.5, 0.6) is 0 Å². The topological polar surface area (TPSA) is 81.4 Å². The molecule has 0 spiro atoms. The van der Waals surface area contributed by atoms with Crippen LogP contribution in [0.2, 0.25) is 0 Å². The largest absolute Gasteiger partial charge is 0.399 e. The highest BCUT2D eigenvalue weighted by molar-refractivity contribution is 7.89. The molecular weight excluding hydrogens is 228 g/mol. The highest BCUT2D eigenvalue weighted by Gasteiger charge is 2.13. The van der Waals surface area contributed by atoms with Crippen molar-refractivity contribution in [2.24, 2.45) is 0 Å². The van der Waals surface area contributed by atoms with Crippen molar-refractivity contribution in [1.82, 2.24) is 4.72 Å². The second-order valence-corrected chi connectivity index (χ2v) is 5.24. The van der Waals surface area contributed by atoms with Crippen molar-refractivity contribution >= 4 is 15.7 Å². The lowest BCUT2D eigenvalue weighted by Gasteiger charge is -2.07. The van der Waals surface area contributed by atoms with Gasteiger partial charge in [0.05, 0.1) is 11.5 Å². The highest BCUT2D eigenvalue weighted by atomic mass is 32.2. The Morgan fingerprint density at radius 3 is 2.62 bits per heavy atom. The highest BCUT2D eigenvalue weighted by Crippen LogP contribution is 2.15. The van der Waals surface area contributed by atoms with Gasteiger partial charge >= 0.3 is 0 Å². The summed E-state index contributed by atoms with van der Waals surface area (Å²) in [5, 5.41) is 0. The molecule has 16 heavy (non-hydrogen) atoms. The summed E-state index contributed by atoms with van der Waals surface area (Å²) in [6, 6.07) is 4.72. The van der Waals surface area contributed by atoms with Crippen molar-refractivity contribution in [3.8, 4) is 0 Å². The van der Waals surface area contributed by atoms with Crippen LogP contribution in [0.3, 0.4) is 0 Å². The summed E-state index contributed by atoms with van der Waals surface area (Å²) in [5.41, 5.74) is 6.84. The van der Waals surface area contributed by atoms with Crippen LogP contribution >= 0.6 is 0 Å². The Balaban J connectivity index is 2.89. The number of methoxy groups -OCH3 is 1. The van der Waals surface area contributed by atoms with Gasteiger partial charge in [-0.3, -0.25) is 0 Å². The van der Waals surface area contributed by atoms with E-state index in [0.717, 1.165) is 5.56 Å². The summed E-state index contributed by atoms with van der Waals surface area (Å²) in [4.78, 5) is 0.182. The van der Waals surface area contributed by atoms with E-state index in [2.05, 4.69) is 4.72 Å². The van der Waals surface area contributed by atoms with Crippen LogP contribution in [0, 0.1) is 6.92 Å². The first kappa shape index (κ1) is 13.0. The van der Waals surface area contributed by atoms with E-state index in [-0.39, 0.29) is 11.4 Å². The zero-order valence-electron chi connectivity index (χ0n) is 9.36. The van der Waals surface area contributed by atoms with Gasteiger partial charge in [0.15, 0.2) is 0 Å². The third kappa shape index (κ3) is 3.48. The van der Waals surface area contributed by atoms with Gasteiger partial charge in [-0.2, -0.15) is 0 Å². The fourth-order valence-electron chi connectivity index (χ4n) is 1.29. The third-order valence-electron chi connectivity index (χ3n) is 1.98. The van der Waals surface area contributed by atoms with Crippen LogP contribution < -0.4 is 10.5 Å². The van der Waals surface area contributed by atoms with E-state index in [1.165, 1.54) is 13.2 Å². The Kier molecular flexibility index (Phi) is 4.28. The number of anilines is 1. The quantitative estimate of drug-likeness (QED) is 0.584. The maximum absolute atomic E-state index is 11.8. The Morgan fingerprint density at radius 1 is 1.38 bits per heavy atom.